The van der Waals surface area contributed by atoms with Crippen molar-refractivity contribution in [2.24, 2.45) is 0 Å². The lowest BCUT2D eigenvalue weighted by molar-refractivity contribution is 0.0696. The van der Waals surface area contributed by atoms with Gasteiger partial charge in [0.1, 0.15) is 5.82 Å². The summed E-state index contributed by atoms with van der Waals surface area (Å²) < 4.78 is 0. The quantitative estimate of drug-likeness (QED) is 0.857. The van der Waals surface area contributed by atoms with Crippen LogP contribution in [0.2, 0.25) is 5.02 Å². The highest BCUT2D eigenvalue weighted by molar-refractivity contribution is 6.30. The Labute approximate surface area is 103 Å². The number of nitrogen functional groups attached to an aromatic ring is 1. The molecule has 5 heteroatoms. The summed E-state index contributed by atoms with van der Waals surface area (Å²) in [5, 5.41) is 9.50. The second-order valence-corrected chi connectivity index (χ2v) is 3.91. The van der Waals surface area contributed by atoms with Crippen LogP contribution >= 0.6 is 11.6 Å². The molecule has 3 N–H and O–H groups in total. The van der Waals surface area contributed by atoms with E-state index in [4.69, 9.17) is 22.4 Å². The second kappa shape index (κ2) is 4.43. The van der Waals surface area contributed by atoms with Crippen LogP contribution in [0.5, 0.6) is 0 Å². The van der Waals surface area contributed by atoms with Gasteiger partial charge in [-0.05, 0) is 23.8 Å². The molecule has 4 nitrogen and oxygen atoms in total. The van der Waals surface area contributed by atoms with Crippen molar-refractivity contribution in [3.63, 3.8) is 0 Å². The van der Waals surface area contributed by atoms with Gasteiger partial charge in [-0.3, -0.25) is 0 Å². The average molecular weight is 249 g/mol. The molecule has 2 rings (SSSR count). The molecule has 0 aliphatic heterocycles. The largest absolute Gasteiger partial charge is 0.478 e. The number of nitrogens with two attached hydrogens (primary N) is 1. The third-order valence-corrected chi connectivity index (χ3v) is 2.57. The van der Waals surface area contributed by atoms with Crippen molar-refractivity contribution in [3.05, 3.63) is 47.1 Å². The predicted molar refractivity (Wildman–Crippen MR) is 66.1 cm³/mol. The van der Waals surface area contributed by atoms with E-state index in [0.717, 1.165) is 5.56 Å². The van der Waals surface area contributed by atoms with E-state index in [1.165, 1.54) is 12.3 Å². The van der Waals surface area contributed by atoms with Gasteiger partial charge in [0.25, 0.3) is 0 Å². The third kappa shape index (κ3) is 2.37. The first-order chi connectivity index (χ1) is 8.08. The smallest absolute Gasteiger partial charge is 0.337 e. The van der Waals surface area contributed by atoms with Crippen LogP contribution in [0.15, 0.2) is 36.5 Å². The summed E-state index contributed by atoms with van der Waals surface area (Å²) in [6, 6.07) is 8.45. The number of hydrogen-bond donors (Lipinski definition) is 2. The summed E-state index contributed by atoms with van der Waals surface area (Å²) in [5.41, 5.74) is 7.19. The van der Waals surface area contributed by atoms with Crippen molar-refractivity contribution >= 4 is 23.4 Å². The predicted octanol–water partition coefficient (Wildman–Crippen LogP) is 2.68. The van der Waals surface area contributed by atoms with Crippen molar-refractivity contribution in [1.82, 2.24) is 4.98 Å². The first kappa shape index (κ1) is 11.4. The van der Waals surface area contributed by atoms with Crippen molar-refractivity contribution < 1.29 is 9.90 Å². The molecule has 0 atom stereocenters. The van der Waals surface area contributed by atoms with Gasteiger partial charge in [0.15, 0.2) is 0 Å². The van der Waals surface area contributed by atoms with Gasteiger partial charge in [-0.1, -0.05) is 23.7 Å². The van der Waals surface area contributed by atoms with Gasteiger partial charge < -0.3 is 10.8 Å². The first-order valence-corrected chi connectivity index (χ1v) is 5.20. The number of halogens is 1. The summed E-state index contributed by atoms with van der Waals surface area (Å²) in [5.74, 6) is -0.745. The summed E-state index contributed by atoms with van der Waals surface area (Å²) in [6.07, 6.45) is 1.23. The highest BCUT2D eigenvalue weighted by Crippen LogP contribution is 2.26. The lowest BCUT2D eigenvalue weighted by atomic mass is 10.0. The van der Waals surface area contributed by atoms with Crippen LogP contribution in [-0.2, 0) is 0 Å². The van der Waals surface area contributed by atoms with Crippen LogP contribution in [0.4, 0.5) is 5.82 Å². The second-order valence-electron chi connectivity index (χ2n) is 3.47. The van der Waals surface area contributed by atoms with Gasteiger partial charge in [0.2, 0.25) is 0 Å². The van der Waals surface area contributed by atoms with Crippen molar-refractivity contribution in [2.45, 2.75) is 0 Å². The number of anilines is 1. The molecule has 0 saturated carbocycles. The average Bonchev–Trinajstić information content (AvgIpc) is 2.31. The molecule has 1 aromatic carbocycles. The fourth-order valence-corrected chi connectivity index (χ4v) is 1.58. The maximum absolute atomic E-state index is 10.8. The minimum absolute atomic E-state index is 0.101. The van der Waals surface area contributed by atoms with Crippen LogP contribution < -0.4 is 5.73 Å². The molecule has 17 heavy (non-hydrogen) atoms. The number of carboxylic acid groups (broad SMARTS) is 1. The molecule has 0 aliphatic rings. The normalized spacial score (nSPS) is 10.2. The Hall–Kier alpha value is -2.07. The van der Waals surface area contributed by atoms with Gasteiger partial charge in [-0.15, -0.1) is 0 Å². The Kier molecular flexibility index (Phi) is 2.97. The van der Waals surface area contributed by atoms with Crippen molar-refractivity contribution in [1.29, 1.82) is 0 Å². The van der Waals surface area contributed by atoms with E-state index in [-0.39, 0.29) is 11.4 Å². The van der Waals surface area contributed by atoms with Gasteiger partial charge in [-0.2, -0.15) is 0 Å². The minimum atomic E-state index is -1.03. The molecular weight excluding hydrogens is 240 g/mol. The number of carboxylic acids is 1. The molecule has 0 aliphatic carbocycles. The third-order valence-electron chi connectivity index (χ3n) is 2.32. The zero-order valence-corrected chi connectivity index (χ0v) is 9.48. The zero-order chi connectivity index (χ0) is 12.4. The molecule has 0 spiro atoms. The maximum Gasteiger partial charge on any atom is 0.337 e. The van der Waals surface area contributed by atoms with E-state index in [0.29, 0.717) is 10.6 Å². The fourth-order valence-electron chi connectivity index (χ4n) is 1.45. The van der Waals surface area contributed by atoms with Crippen molar-refractivity contribution in [2.75, 3.05) is 5.73 Å². The van der Waals surface area contributed by atoms with E-state index < -0.39 is 5.97 Å². The Balaban J connectivity index is 2.54. The highest BCUT2D eigenvalue weighted by atomic mass is 35.5. The molecule has 86 valence electrons. The minimum Gasteiger partial charge on any atom is -0.478 e. The lowest BCUT2D eigenvalue weighted by Gasteiger charge is -2.06. The number of hydrogen-bond acceptors (Lipinski definition) is 3. The van der Waals surface area contributed by atoms with Gasteiger partial charge in [0.05, 0.1) is 5.56 Å². The SMILES string of the molecule is Nc1ncc(C(=O)O)cc1-c1ccc(Cl)cc1. The van der Waals surface area contributed by atoms with Crippen LogP contribution in [0.1, 0.15) is 10.4 Å². The van der Waals surface area contributed by atoms with E-state index in [1.54, 1.807) is 24.3 Å². The monoisotopic (exact) mass is 248 g/mol. The summed E-state index contributed by atoms with van der Waals surface area (Å²) in [6.45, 7) is 0. The molecule has 1 heterocycles. The summed E-state index contributed by atoms with van der Waals surface area (Å²) >= 11 is 5.78. The number of rotatable bonds is 2. The number of aromatic carboxylic acids is 1. The number of nitrogens with zero attached hydrogens (tertiary/aromatic N) is 1. The first-order valence-electron chi connectivity index (χ1n) is 4.82. The fraction of sp³-hybridized carbons (Fsp3) is 0. The molecule has 0 bridgehead atoms. The van der Waals surface area contributed by atoms with E-state index >= 15 is 0 Å². The molecule has 2 aromatic rings. The molecule has 0 fully saturated rings. The standard InChI is InChI=1S/C12H9ClN2O2/c13-9-3-1-7(2-4-9)10-5-8(12(16)17)6-15-11(10)14/h1-6H,(H2,14,15)(H,16,17). The van der Waals surface area contributed by atoms with E-state index in [9.17, 15) is 4.79 Å². The summed E-state index contributed by atoms with van der Waals surface area (Å²) in [7, 11) is 0. The Bertz CT molecular complexity index is 567. The van der Waals surface area contributed by atoms with Crippen LogP contribution in [-0.4, -0.2) is 16.1 Å². The lowest BCUT2D eigenvalue weighted by Crippen LogP contribution is -2.01. The Morgan fingerprint density at radius 3 is 2.53 bits per heavy atom. The molecule has 0 unspecified atom stereocenters. The Morgan fingerprint density at radius 1 is 1.29 bits per heavy atom. The topological polar surface area (TPSA) is 76.2 Å². The Morgan fingerprint density at radius 2 is 1.94 bits per heavy atom. The van der Waals surface area contributed by atoms with Gasteiger partial charge >= 0.3 is 5.97 Å². The molecule has 0 amide bonds. The zero-order valence-electron chi connectivity index (χ0n) is 8.72. The van der Waals surface area contributed by atoms with Crippen LogP contribution in [0.3, 0.4) is 0 Å². The maximum atomic E-state index is 10.8. The van der Waals surface area contributed by atoms with Crippen LogP contribution in [0.25, 0.3) is 11.1 Å². The highest BCUT2D eigenvalue weighted by Gasteiger charge is 2.09. The number of pyridine rings is 1. The van der Waals surface area contributed by atoms with Gasteiger partial charge in [0, 0.05) is 16.8 Å². The molecule has 0 saturated heterocycles. The number of benzene rings is 1. The van der Waals surface area contributed by atoms with E-state index in [1.807, 2.05) is 0 Å². The number of carbonyl (C=O) groups is 1. The summed E-state index contributed by atoms with van der Waals surface area (Å²) in [4.78, 5) is 14.7. The molecule has 0 radical (unpaired) electrons. The molecular formula is C12H9ClN2O2. The molecule has 1 aromatic heterocycles. The van der Waals surface area contributed by atoms with Crippen LogP contribution in [0, 0.1) is 0 Å². The number of aromatic nitrogens is 1. The van der Waals surface area contributed by atoms with Gasteiger partial charge in [-0.25, -0.2) is 9.78 Å². The van der Waals surface area contributed by atoms with E-state index in [2.05, 4.69) is 4.98 Å². The van der Waals surface area contributed by atoms with Crippen molar-refractivity contribution in [3.8, 4) is 11.1 Å².